The zero-order valence-electron chi connectivity index (χ0n) is 20.0. The quantitative estimate of drug-likeness (QED) is 0.418. The number of carbonyl (C=O) groups excluding carboxylic acids is 2. The molecule has 2 fully saturated rings. The first-order valence-corrected chi connectivity index (χ1v) is 12.4. The first-order valence-electron chi connectivity index (χ1n) is 12.4. The monoisotopic (exact) mass is 495 g/mol. The van der Waals surface area contributed by atoms with Crippen molar-refractivity contribution in [3.05, 3.63) is 54.5 Å². The summed E-state index contributed by atoms with van der Waals surface area (Å²) in [4.78, 5) is 40.5. The molecule has 3 aromatic heterocycles. The fraction of sp³-hybridized carbons (Fsp3) is 0.346. The van der Waals surface area contributed by atoms with Gasteiger partial charge in [-0.3, -0.25) is 9.59 Å². The van der Waals surface area contributed by atoms with Crippen molar-refractivity contribution < 1.29 is 9.59 Å². The van der Waals surface area contributed by atoms with E-state index in [0.717, 1.165) is 18.5 Å². The lowest BCUT2D eigenvalue weighted by Crippen LogP contribution is -2.51. The number of para-hydroxylation sites is 1. The Morgan fingerprint density at radius 1 is 1.11 bits per heavy atom. The van der Waals surface area contributed by atoms with Gasteiger partial charge in [0.1, 0.15) is 22.9 Å². The van der Waals surface area contributed by atoms with E-state index in [0.29, 0.717) is 54.0 Å². The van der Waals surface area contributed by atoms with Crippen LogP contribution in [0.3, 0.4) is 0 Å². The highest BCUT2D eigenvalue weighted by Crippen LogP contribution is 2.34. The first-order chi connectivity index (χ1) is 18.1. The second kappa shape index (κ2) is 9.46. The molecule has 1 atom stereocenters. The number of hydrogen-bond donors (Lipinski definition) is 2. The zero-order chi connectivity index (χ0) is 25.4. The Balaban J connectivity index is 1.22. The molecule has 1 saturated carbocycles. The molecule has 4 aromatic rings. The number of rotatable bonds is 6. The maximum absolute atomic E-state index is 13.3. The lowest BCUT2D eigenvalue weighted by atomic mass is 9.97. The molecule has 0 radical (unpaired) electrons. The molecule has 11 heteroatoms. The fourth-order valence-electron chi connectivity index (χ4n) is 4.73. The number of aromatic amines is 1. The van der Waals surface area contributed by atoms with Gasteiger partial charge in [-0.1, -0.05) is 23.4 Å². The molecule has 2 aliphatic rings. The van der Waals surface area contributed by atoms with Crippen molar-refractivity contribution in [2.75, 3.05) is 13.1 Å². The van der Waals surface area contributed by atoms with E-state index >= 15 is 0 Å². The molecule has 186 valence electrons. The number of fused-ring (bicyclic) bond motifs is 1. The smallest absolute Gasteiger partial charge is 0.255 e. The molecular formula is C26H25N9O2. The predicted molar refractivity (Wildman–Crippen MR) is 133 cm³/mol. The number of nitriles is 1. The second-order valence-corrected chi connectivity index (χ2v) is 9.56. The van der Waals surface area contributed by atoms with Gasteiger partial charge >= 0.3 is 0 Å². The van der Waals surface area contributed by atoms with Gasteiger partial charge in [0.2, 0.25) is 5.91 Å². The number of nitrogens with one attached hydrogen (secondary N) is 2. The van der Waals surface area contributed by atoms with Crippen LogP contribution in [-0.2, 0) is 4.79 Å². The van der Waals surface area contributed by atoms with Crippen molar-refractivity contribution in [1.82, 2.24) is 40.2 Å². The van der Waals surface area contributed by atoms with E-state index in [4.69, 9.17) is 5.26 Å². The minimum Gasteiger partial charge on any atom is -0.344 e. The van der Waals surface area contributed by atoms with Crippen LogP contribution >= 0.6 is 0 Å². The van der Waals surface area contributed by atoms with E-state index in [1.54, 1.807) is 28.2 Å². The van der Waals surface area contributed by atoms with Crippen molar-refractivity contribution in [3.63, 3.8) is 0 Å². The number of piperidine rings is 1. The van der Waals surface area contributed by atoms with Crippen molar-refractivity contribution >= 4 is 23.0 Å². The SMILES string of the molecule is N#CC1CCN(C(=O)[C@H](NC(=O)c2c[nH]c3ncc(-c4cn(-c5ccccc5)nn4)nc23)C2CC2)CC1. The van der Waals surface area contributed by atoms with Gasteiger partial charge in [0.15, 0.2) is 5.65 Å². The van der Waals surface area contributed by atoms with Crippen LogP contribution in [0.1, 0.15) is 36.0 Å². The third-order valence-electron chi connectivity index (χ3n) is 7.04. The standard InChI is InChI=1S/C26H25N9O2/c27-12-16-8-10-34(11-9-16)26(37)22(17-6-7-17)31-25(36)19-13-28-24-23(19)30-20(14-29-24)21-15-35(33-32-21)18-4-2-1-3-5-18/h1-5,13-17,22H,6-11H2,(H,28,29)(H,31,36)/t22-/m1/s1. The molecule has 37 heavy (non-hydrogen) atoms. The molecule has 1 saturated heterocycles. The van der Waals surface area contributed by atoms with E-state index in [2.05, 4.69) is 36.7 Å². The van der Waals surface area contributed by atoms with Gasteiger partial charge in [0.05, 0.1) is 29.7 Å². The number of nitrogens with zero attached hydrogens (tertiary/aromatic N) is 7. The normalized spacial score (nSPS) is 16.9. The van der Waals surface area contributed by atoms with Gasteiger partial charge in [0, 0.05) is 25.2 Å². The summed E-state index contributed by atoms with van der Waals surface area (Å²) in [6, 6.07) is 11.3. The molecule has 0 bridgehead atoms. The molecule has 1 aliphatic carbocycles. The third-order valence-corrected chi connectivity index (χ3v) is 7.04. The maximum atomic E-state index is 13.3. The van der Waals surface area contributed by atoms with E-state index in [-0.39, 0.29) is 23.7 Å². The van der Waals surface area contributed by atoms with Crippen LogP contribution < -0.4 is 5.32 Å². The molecule has 6 rings (SSSR count). The molecule has 2 amide bonds. The number of aromatic nitrogens is 6. The lowest BCUT2D eigenvalue weighted by molar-refractivity contribution is -0.135. The van der Waals surface area contributed by atoms with E-state index < -0.39 is 6.04 Å². The minimum absolute atomic E-state index is 0.00806. The van der Waals surface area contributed by atoms with Crippen LogP contribution in [-0.4, -0.2) is 65.8 Å². The van der Waals surface area contributed by atoms with Crippen LogP contribution in [0.5, 0.6) is 0 Å². The molecule has 1 aromatic carbocycles. The molecule has 1 aliphatic heterocycles. The summed E-state index contributed by atoms with van der Waals surface area (Å²) in [6.45, 7) is 1.09. The summed E-state index contributed by atoms with van der Waals surface area (Å²) in [7, 11) is 0. The maximum Gasteiger partial charge on any atom is 0.255 e. The Hall–Kier alpha value is -4.59. The van der Waals surface area contributed by atoms with Crippen molar-refractivity contribution in [2.45, 2.75) is 31.7 Å². The number of carbonyl (C=O) groups is 2. The molecule has 4 heterocycles. The van der Waals surface area contributed by atoms with Gasteiger partial charge in [-0.05, 0) is 43.7 Å². The van der Waals surface area contributed by atoms with Crippen molar-refractivity contribution in [3.8, 4) is 23.1 Å². The summed E-state index contributed by atoms with van der Waals surface area (Å²) in [5.74, 6) is -0.324. The van der Waals surface area contributed by atoms with Crippen molar-refractivity contribution in [2.24, 2.45) is 11.8 Å². The van der Waals surface area contributed by atoms with Crippen LogP contribution in [0.15, 0.2) is 48.9 Å². The van der Waals surface area contributed by atoms with E-state index in [9.17, 15) is 9.59 Å². The average Bonchev–Trinajstić information content (AvgIpc) is 3.50. The Morgan fingerprint density at radius 3 is 2.62 bits per heavy atom. The van der Waals surface area contributed by atoms with Gasteiger partial charge in [-0.2, -0.15) is 5.26 Å². The van der Waals surface area contributed by atoms with Gasteiger partial charge < -0.3 is 15.2 Å². The first kappa shape index (κ1) is 22.8. The lowest BCUT2D eigenvalue weighted by Gasteiger charge is -2.32. The topological polar surface area (TPSA) is 145 Å². The Kier molecular flexibility index (Phi) is 5.84. The molecule has 0 spiro atoms. The van der Waals surface area contributed by atoms with Gasteiger partial charge in [0.25, 0.3) is 5.91 Å². The highest BCUT2D eigenvalue weighted by molar-refractivity contribution is 6.06. The van der Waals surface area contributed by atoms with E-state index in [1.165, 1.54) is 0 Å². The Morgan fingerprint density at radius 2 is 1.89 bits per heavy atom. The van der Waals surface area contributed by atoms with Crippen molar-refractivity contribution in [1.29, 1.82) is 5.26 Å². The second-order valence-electron chi connectivity index (χ2n) is 9.56. The van der Waals surface area contributed by atoms with E-state index in [1.807, 2.05) is 30.3 Å². The number of likely N-dealkylation sites (tertiary alicyclic amines) is 1. The summed E-state index contributed by atoms with van der Waals surface area (Å²) < 4.78 is 1.65. The average molecular weight is 496 g/mol. The van der Waals surface area contributed by atoms with Crippen LogP contribution in [0.2, 0.25) is 0 Å². The molecule has 0 unspecified atom stereocenters. The highest BCUT2D eigenvalue weighted by atomic mass is 16.2. The third kappa shape index (κ3) is 4.53. The van der Waals surface area contributed by atoms with Gasteiger partial charge in [-0.25, -0.2) is 14.6 Å². The summed E-state index contributed by atoms with van der Waals surface area (Å²) in [5.41, 5.74) is 3.07. The van der Waals surface area contributed by atoms with Crippen LogP contribution in [0, 0.1) is 23.2 Å². The largest absolute Gasteiger partial charge is 0.344 e. The predicted octanol–water partition coefficient (Wildman–Crippen LogP) is 2.48. The molecular weight excluding hydrogens is 470 g/mol. The highest BCUT2D eigenvalue weighted by Gasteiger charge is 2.40. The Labute approximate surface area is 212 Å². The fourth-order valence-corrected chi connectivity index (χ4v) is 4.73. The zero-order valence-corrected chi connectivity index (χ0v) is 20.0. The number of hydrogen-bond acceptors (Lipinski definition) is 7. The molecule has 2 N–H and O–H groups in total. The minimum atomic E-state index is -0.585. The number of benzene rings is 1. The summed E-state index contributed by atoms with van der Waals surface area (Å²) >= 11 is 0. The van der Waals surface area contributed by atoms with Crippen LogP contribution in [0.25, 0.3) is 28.2 Å². The summed E-state index contributed by atoms with van der Waals surface area (Å²) in [5, 5.41) is 20.5. The van der Waals surface area contributed by atoms with Gasteiger partial charge in [-0.15, -0.1) is 5.10 Å². The number of H-pyrrole nitrogens is 1. The number of amides is 2. The Bertz CT molecular complexity index is 1490. The van der Waals surface area contributed by atoms with Crippen LogP contribution in [0.4, 0.5) is 0 Å². The molecule has 11 nitrogen and oxygen atoms in total. The summed E-state index contributed by atoms with van der Waals surface area (Å²) in [6.07, 6.45) is 8.06.